The minimum atomic E-state index is -1.32. The molecule has 0 aromatic heterocycles. The number of alkyl carbamates (subject to hydrolysis) is 1. The van der Waals surface area contributed by atoms with Gasteiger partial charge in [0.25, 0.3) is 0 Å². The lowest BCUT2D eigenvalue weighted by Crippen LogP contribution is -2.43. The van der Waals surface area contributed by atoms with Crippen LogP contribution in [0.4, 0.5) is 9.18 Å². The van der Waals surface area contributed by atoms with E-state index in [0.29, 0.717) is 22.0 Å². The minimum absolute atomic E-state index is 0.0444. The van der Waals surface area contributed by atoms with Gasteiger partial charge in [-0.2, -0.15) is 0 Å². The van der Waals surface area contributed by atoms with E-state index in [4.69, 9.17) is 21.1 Å². The normalized spacial score (nSPS) is 19.8. The summed E-state index contributed by atoms with van der Waals surface area (Å²) < 4.78 is 26.1. The topological polar surface area (TPSA) is 64.6 Å². The summed E-state index contributed by atoms with van der Waals surface area (Å²) in [4.78, 5) is 25.4. The number of hydrogen-bond acceptors (Lipinski definition) is 4. The fourth-order valence-corrected chi connectivity index (χ4v) is 4.82. The van der Waals surface area contributed by atoms with Gasteiger partial charge in [0.1, 0.15) is 17.2 Å². The number of Topliss-reactive ketones (excluding diaryl/α,β-unsaturated/α-hetero) is 1. The van der Waals surface area contributed by atoms with Gasteiger partial charge in [-0.25, -0.2) is 9.18 Å². The zero-order valence-corrected chi connectivity index (χ0v) is 20.8. The maximum absolute atomic E-state index is 14.3. The van der Waals surface area contributed by atoms with Crippen molar-refractivity contribution in [2.75, 3.05) is 6.54 Å². The molecule has 0 radical (unpaired) electrons. The molecule has 1 aliphatic heterocycles. The fraction of sp³-hybridized carbons (Fsp3) is 0.417. The smallest absolute Gasteiger partial charge is 0.407 e. The van der Waals surface area contributed by atoms with Crippen molar-refractivity contribution in [3.63, 3.8) is 0 Å². The standard InChI is InChI=1S/C24H26BrClFNO4/c1-14-19-17(13-16(27)21(26)20(19)25)31-24(14,15-9-6-5-7-10-15)18(29)11-8-12-28-22(30)32-23(2,3)4/h5-7,9-10,13-14H,8,11-12H2,1-4H3,(H,28,30)/t14-,24-/m0/s1. The molecule has 1 aliphatic rings. The van der Waals surface area contributed by atoms with Gasteiger partial charge in [0, 0.05) is 40.5 Å². The summed E-state index contributed by atoms with van der Waals surface area (Å²) >= 11 is 9.48. The van der Waals surface area contributed by atoms with E-state index in [1.54, 1.807) is 20.8 Å². The van der Waals surface area contributed by atoms with Gasteiger partial charge in [-0.1, -0.05) is 48.9 Å². The maximum atomic E-state index is 14.3. The Hall–Kier alpha value is -2.12. The van der Waals surface area contributed by atoms with Crippen LogP contribution in [0.1, 0.15) is 57.6 Å². The Bertz CT molecular complexity index is 1020. The predicted molar refractivity (Wildman–Crippen MR) is 125 cm³/mol. The number of rotatable bonds is 6. The first-order valence-corrected chi connectivity index (χ1v) is 11.6. The molecular weight excluding hydrogens is 501 g/mol. The Kier molecular flexibility index (Phi) is 7.20. The van der Waals surface area contributed by atoms with Crippen molar-refractivity contribution in [2.45, 2.75) is 57.7 Å². The van der Waals surface area contributed by atoms with Crippen molar-refractivity contribution in [1.29, 1.82) is 0 Å². The molecule has 32 heavy (non-hydrogen) atoms. The molecule has 0 saturated carbocycles. The third-order valence-corrected chi connectivity index (χ3v) is 6.76. The highest BCUT2D eigenvalue weighted by Gasteiger charge is 2.53. The van der Waals surface area contributed by atoms with Gasteiger partial charge in [-0.15, -0.1) is 0 Å². The van der Waals surface area contributed by atoms with Crippen LogP contribution in [0.3, 0.4) is 0 Å². The second-order valence-electron chi connectivity index (χ2n) is 8.78. The summed E-state index contributed by atoms with van der Waals surface area (Å²) in [5.74, 6) is -0.918. The van der Waals surface area contributed by atoms with Crippen molar-refractivity contribution in [3.05, 3.63) is 62.8 Å². The number of ketones is 1. The molecule has 2 aromatic carbocycles. The molecule has 3 rings (SSSR count). The maximum Gasteiger partial charge on any atom is 0.407 e. The summed E-state index contributed by atoms with van der Waals surface area (Å²) in [6.45, 7) is 7.49. The zero-order chi connectivity index (χ0) is 23.7. The first kappa shape index (κ1) is 24.5. The number of fused-ring (bicyclic) bond motifs is 1. The Morgan fingerprint density at radius 1 is 1.28 bits per heavy atom. The summed E-state index contributed by atoms with van der Waals surface area (Å²) in [5.41, 5.74) is -0.590. The number of ether oxygens (including phenoxy) is 2. The van der Waals surface area contributed by atoms with Crippen molar-refractivity contribution < 1.29 is 23.5 Å². The minimum Gasteiger partial charge on any atom is -0.474 e. The lowest BCUT2D eigenvalue weighted by molar-refractivity contribution is -0.135. The van der Waals surface area contributed by atoms with Crippen molar-refractivity contribution in [3.8, 4) is 5.75 Å². The van der Waals surface area contributed by atoms with Gasteiger partial charge >= 0.3 is 6.09 Å². The first-order valence-electron chi connectivity index (χ1n) is 10.4. The molecule has 0 fully saturated rings. The predicted octanol–water partition coefficient (Wildman–Crippen LogP) is 6.51. The van der Waals surface area contributed by atoms with E-state index in [1.165, 1.54) is 6.07 Å². The lowest BCUT2D eigenvalue weighted by atomic mass is 9.76. The van der Waals surface area contributed by atoms with Crippen LogP contribution in [0.15, 0.2) is 40.9 Å². The Balaban J connectivity index is 1.83. The molecule has 0 bridgehead atoms. The first-order chi connectivity index (χ1) is 15.0. The van der Waals surface area contributed by atoms with E-state index >= 15 is 0 Å². The molecule has 1 heterocycles. The van der Waals surface area contributed by atoms with Gasteiger partial charge < -0.3 is 14.8 Å². The molecule has 1 amide bonds. The van der Waals surface area contributed by atoms with Gasteiger partial charge in [-0.3, -0.25) is 4.79 Å². The number of benzene rings is 2. The van der Waals surface area contributed by atoms with Crippen LogP contribution in [0.25, 0.3) is 0 Å². The number of nitrogens with one attached hydrogen (secondary N) is 1. The molecule has 5 nitrogen and oxygen atoms in total. The average Bonchev–Trinajstić information content (AvgIpc) is 3.02. The number of hydrogen-bond donors (Lipinski definition) is 1. The van der Waals surface area contributed by atoms with Gasteiger partial charge in [0.2, 0.25) is 0 Å². The largest absolute Gasteiger partial charge is 0.474 e. The van der Waals surface area contributed by atoms with Crippen LogP contribution in [0, 0.1) is 5.82 Å². The van der Waals surface area contributed by atoms with Gasteiger partial charge in [0.15, 0.2) is 11.4 Å². The summed E-state index contributed by atoms with van der Waals surface area (Å²) in [5, 5.41) is 2.62. The van der Waals surface area contributed by atoms with Crippen LogP contribution < -0.4 is 10.1 Å². The second-order valence-corrected chi connectivity index (χ2v) is 9.95. The number of amides is 1. The number of carbonyl (C=O) groups excluding carboxylic acids is 2. The monoisotopic (exact) mass is 525 g/mol. The van der Waals surface area contributed by atoms with Crippen LogP contribution in [-0.4, -0.2) is 24.0 Å². The van der Waals surface area contributed by atoms with Crippen LogP contribution >= 0.6 is 27.5 Å². The van der Waals surface area contributed by atoms with Crippen molar-refractivity contribution in [2.24, 2.45) is 0 Å². The van der Waals surface area contributed by atoms with E-state index < -0.39 is 29.0 Å². The highest BCUT2D eigenvalue weighted by molar-refractivity contribution is 9.10. The van der Waals surface area contributed by atoms with E-state index in [-0.39, 0.29) is 29.5 Å². The highest BCUT2D eigenvalue weighted by Crippen LogP contribution is 2.55. The van der Waals surface area contributed by atoms with E-state index in [1.807, 2.05) is 37.3 Å². The quantitative estimate of drug-likeness (QED) is 0.344. The molecule has 0 saturated heterocycles. The molecular formula is C24H26BrClFNO4. The number of halogens is 3. The molecule has 2 aromatic rings. The van der Waals surface area contributed by atoms with Gasteiger partial charge in [-0.05, 0) is 43.1 Å². The Labute approximate surface area is 200 Å². The van der Waals surface area contributed by atoms with Crippen LogP contribution in [0.5, 0.6) is 5.75 Å². The summed E-state index contributed by atoms with van der Waals surface area (Å²) in [6.07, 6.45) is 0.0151. The Morgan fingerprint density at radius 3 is 2.56 bits per heavy atom. The molecule has 172 valence electrons. The second kappa shape index (κ2) is 9.40. The van der Waals surface area contributed by atoms with E-state index in [9.17, 15) is 14.0 Å². The average molecular weight is 527 g/mol. The number of carbonyl (C=O) groups is 2. The SMILES string of the molecule is C[C@H]1c2c(cc(F)c(Cl)c2Br)O[C@]1(C(=O)CCCNC(=O)OC(C)(C)C)c1ccccc1. The molecule has 8 heteroatoms. The zero-order valence-electron chi connectivity index (χ0n) is 18.4. The van der Waals surface area contributed by atoms with Crippen LogP contribution in [0.2, 0.25) is 5.02 Å². The molecule has 0 unspecified atom stereocenters. The van der Waals surface area contributed by atoms with Crippen molar-refractivity contribution >= 4 is 39.4 Å². The van der Waals surface area contributed by atoms with Gasteiger partial charge in [0.05, 0.1) is 5.02 Å². The molecule has 1 N–H and O–H groups in total. The molecule has 0 spiro atoms. The molecule has 2 atom stereocenters. The Morgan fingerprint density at radius 2 is 1.94 bits per heavy atom. The van der Waals surface area contributed by atoms with Crippen molar-refractivity contribution in [1.82, 2.24) is 5.32 Å². The third-order valence-electron chi connectivity index (χ3n) is 5.34. The van der Waals surface area contributed by atoms with E-state index in [2.05, 4.69) is 21.2 Å². The summed E-state index contributed by atoms with van der Waals surface area (Å²) in [6, 6.07) is 10.4. The summed E-state index contributed by atoms with van der Waals surface area (Å²) in [7, 11) is 0. The highest BCUT2D eigenvalue weighted by atomic mass is 79.9. The fourth-order valence-electron chi connectivity index (χ4n) is 3.93. The molecule has 0 aliphatic carbocycles. The lowest BCUT2D eigenvalue weighted by Gasteiger charge is -2.32. The van der Waals surface area contributed by atoms with Crippen LogP contribution in [-0.2, 0) is 15.1 Å². The third kappa shape index (κ3) is 4.79. The van der Waals surface area contributed by atoms with E-state index in [0.717, 1.165) is 0 Å².